The number of carbonyl (C=O) groups is 2. The summed E-state index contributed by atoms with van der Waals surface area (Å²) in [6.07, 6.45) is 5.45. The number of para-hydroxylation sites is 1. The van der Waals surface area contributed by atoms with Gasteiger partial charge in [0.05, 0.1) is 10.6 Å². The molecule has 7 nitrogen and oxygen atoms in total. The minimum atomic E-state index is -4.23. The molecule has 3 aromatic carbocycles. The zero-order valence-electron chi connectivity index (χ0n) is 23.6. The van der Waals surface area contributed by atoms with E-state index < -0.39 is 34.3 Å². The second-order valence-electron chi connectivity index (χ2n) is 10.6. The number of hydrogen-bond donors (Lipinski definition) is 1. The van der Waals surface area contributed by atoms with Crippen LogP contribution in [0.15, 0.2) is 83.8 Å². The molecule has 1 aliphatic rings. The van der Waals surface area contributed by atoms with Crippen molar-refractivity contribution in [1.82, 2.24) is 10.2 Å². The molecule has 0 unspecified atom stereocenters. The number of carbonyl (C=O) groups excluding carboxylic acids is 2. The van der Waals surface area contributed by atoms with Crippen molar-refractivity contribution in [3.63, 3.8) is 0 Å². The first-order chi connectivity index (χ1) is 19.7. The minimum Gasteiger partial charge on any atom is -0.352 e. The molecule has 41 heavy (non-hydrogen) atoms. The molecule has 0 bridgehead atoms. The first-order valence-electron chi connectivity index (χ1n) is 14.2. The lowest BCUT2D eigenvalue weighted by molar-refractivity contribution is -0.140. The lowest BCUT2D eigenvalue weighted by Gasteiger charge is -2.34. The molecular weight excluding hydrogens is 541 g/mol. The van der Waals surface area contributed by atoms with E-state index in [4.69, 9.17) is 0 Å². The van der Waals surface area contributed by atoms with Crippen LogP contribution >= 0.6 is 0 Å². The summed E-state index contributed by atoms with van der Waals surface area (Å²) in [5.74, 6) is -1.30. The number of aryl methyl sites for hydroxylation is 1. The zero-order valence-corrected chi connectivity index (χ0v) is 24.4. The van der Waals surface area contributed by atoms with Gasteiger partial charge in [-0.2, -0.15) is 0 Å². The lowest BCUT2D eigenvalue weighted by Crippen LogP contribution is -2.54. The Hall–Kier alpha value is -3.72. The fourth-order valence-electron chi connectivity index (χ4n) is 5.21. The first kappa shape index (κ1) is 30.2. The summed E-state index contributed by atoms with van der Waals surface area (Å²) in [5.41, 5.74) is 2.19. The molecule has 1 atom stereocenters. The van der Waals surface area contributed by atoms with Crippen molar-refractivity contribution in [2.45, 2.75) is 75.9 Å². The van der Waals surface area contributed by atoms with E-state index in [0.29, 0.717) is 12.1 Å². The molecule has 4 rings (SSSR count). The van der Waals surface area contributed by atoms with Crippen LogP contribution in [0.25, 0.3) is 0 Å². The molecule has 3 aromatic rings. The third-order valence-corrected chi connectivity index (χ3v) is 9.32. The minimum absolute atomic E-state index is 0.0706. The van der Waals surface area contributed by atoms with Gasteiger partial charge in [-0.25, -0.2) is 12.8 Å². The molecule has 2 amide bonds. The Kier molecular flexibility index (Phi) is 10.2. The Labute approximate surface area is 242 Å². The molecule has 1 aliphatic carbocycles. The van der Waals surface area contributed by atoms with Crippen LogP contribution in [0.3, 0.4) is 0 Å². The van der Waals surface area contributed by atoms with Gasteiger partial charge >= 0.3 is 0 Å². The van der Waals surface area contributed by atoms with Crippen LogP contribution in [0.2, 0.25) is 0 Å². The van der Waals surface area contributed by atoms with Crippen molar-refractivity contribution >= 4 is 27.5 Å². The second kappa shape index (κ2) is 13.8. The summed E-state index contributed by atoms with van der Waals surface area (Å²) in [5, 5.41) is 3.15. The number of sulfonamides is 1. The zero-order chi connectivity index (χ0) is 29.4. The number of rotatable bonds is 11. The average molecular weight is 580 g/mol. The predicted molar refractivity (Wildman–Crippen MR) is 158 cm³/mol. The van der Waals surface area contributed by atoms with Gasteiger partial charge in [0.1, 0.15) is 18.4 Å². The van der Waals surface area contributed by atoms with Crippen LogP contribution in [0.4, 0.5) is 10.1 Å². The van der Waals surface area contributed by atoms with Crippen LogP contribution in [0.1, 0.15) is 56.6 Å². The van der Waals surface area contributed by atoms with Gasteiger partial charge in [0.15, 0.2) is 0 Å². The molecule has 9 heteroatoms. The molecule has 1 saturated carbocycles. The Morgan fingerprint density at radius 2 is 1.56 bits per heavy atom. The summed E-state index contributed by atoms with van der Waals surface area (Å²) in [7, 11) is -4.23. The van der Waals surface area contributed by atoms with Crippen molar-refractivity contribution in [2.75, 3.05) is 10.8 Å². The topological polar surface area (TPSA) is 86.8 Å². The van der Waals surface area contributed by atoms with Crippen molar-refractivity contribution in [1.29, 1.82) is 0 Å². The van der Waals surface area contributed by atoms with Crippen LogP contribution in [-0.2, 0) is 26.2 Å². The molecule has 1 fully saturated rings. The average Bonchev–Trinajstić information content (AvgIpc) is 2.98. The van der Waals surface area contributed by atoms with E-state index in [-0.39, 0.29) is 23.4 Å². The van der Waals surface area contributed by atoms with Gasteiger partial charge < -0.3 is 10.2 Å². The van der Waals surface area contributed by atoms with Crippen LogP contribution in [0.5, 0.6) is 0 Å². The van der Waals surface area contributed by atoms with E-state index in [1.54, 1.807) is 30.3 Å². The van der Waals surface area contributed by atoms with E-state index in [9.17, 15) is 22.4 Å². The number of amides is 2. The highest BCUT2D eigenvalue weighted by molar-refractivity contribution is 7.92. The van der Waals surface area contributed by atoms with Crippen molar-refractivity contribution in [3.8, 4) is 0 Å². The Morgan fingerprint density at radius 1 is 0.927 bits per heavy atom. The highest BCUT2D eigenvalue weighted by Crippen LogP contribution is 2.25. The van der Waals surface area contributed by atoms with Gasteiger partial charge in [-0.05, 0) is 68.1 Å². The third kappa shape index (κ3) is 7.73. The first-order valence-corrected chi connectivity index (χ1v) is 15.6. The number of hydrogen-bond acceptors (Lipinski definition) is 4. The molecule has 0 aromatic heterocycles. The predicted octanol–water partition coefficient (Wildman–Crippen LogP) is 5.59. The third-order valence-electron chi connectivity index (χ3n) is 7.54. The van der Waals surface area contributed by atoms with Crippen molar-refractivity contribution in [2.24, 2.45) is 0 Å². The Balaban J connectivity index is 1.68. The van der Waals surface area contributed by atoms with E-state index in [1.807, 2.05) is 38.1 Å². The maximum absolute atomic E-state index is 14.1. The van der Waals surface area contributed by atoms with Crippen molar-refractivity contribution < 1.29 is 22.4 Å². The molecule has 0 heterocycles. The summed E-state index contributed by atoms with van der Waals surface area (Å²) in [4.78, 5) is 29.0. The van der Waals surface area contributed by atoms with E-state index in [1.165, 1.54) is 17.0 Å². The number of benzene rings is 3. The largest absolute Gasteiger partial charge is 0.352 e. The van der Waals surface area contributed by atoms with E-state index in [0.717, 1.165) is 59.7 Å². The maximum atomic E-state index is 14.1. The molecule has 0 spiro atoms. The van der Waals surface area contributed by atoms with Gasteiger partial charge in [0, 0.05) is 12.6 Å². The molecule has 0 radical (unpaired) electrons. The molecule has 0 saturated heterocycles. The molecular formula is C32H38FN3O4S. The van der Waals surface area contributed by atoms with Crippen LogP contribution in [0, 0.1) is 12.7 Å². The van der Waals surface area contributed by atoms with Crippen LogP contribution in [-0.4, -0.2) is 43.8 Å². The lowest BCUT2D eigenvalue weighted by atomic mass is 9.95. The van der Waals surface area contributed by atoms with Crippen LogP contribution < -0.4 is 9.62 Å². The number of nitrogens with zero attached hydrogens (tertiary/aromatic N) is 2. The van der Waals surface area contributed by atoms with Gasteiger partial charge in [-0.1, -0.05) is 74.2 Å². The van der Waals surface area contributed by atoms with Crippen molar-refractivity contribution in [3.05, 3.63) is 95.8 Å². The van der Waals surface area contributed by atoms with Gasteiger partial charge in [0.25, 0.3) is 10.0 Å². The number of halogens is 1. The smallest absolute Gasteiger partial charge is 0.264 e. The molecule has 0 aliphatic heterocycles. The normalized spacial score (nSPS) is 14.7. The second-order valence-corrected chi connectivity index (χ2v) is 12.4. The number of nitrogens with one attached hydrogen (secondary N) is 1. The summed E-state index contributed by atoms with van der Waals surface area (Å²) < 4.78 is 42.2. The summed E-state index contributed by atoms with van der Waals surface area (Å²) in [6.45, 7) is 3.44. The SMILES string of the molecule is CC[C@H](C(=O)NC1CCCCC1)N(Cc1ccc(C)cc1)C(=O)CN(c1ccccc1)S(=O)(=O)c1ccc(F)cc1. The maximum Gasteiger partial charge on any atom is 0.264 e. The number of anilines is 1. The highest BCUT2D eigenvalue weighted by atomic mass is 32.2. The fourth-order valence-corrected chi connectivity index (χ4v) is 6.62. The standard InChI is InChI=1S/C32H38FN3O4S/c1-3-30(32(38)34-27-10-6-4-7-11-27)35(22-25-16-14-24(2)15-17-25)31(37)23-36(28-12-8-5-9-13-28)41(39,40)29-20-18-26(33)19-21-29/h5,8-9,12-21,27,30H,3-4,6-7,10-11,22-23H2,1-2H3,(H,34,38)/t30-/m1/s1. The fraction of sp³-hybridized carbons (Fsp3) is 0.375. The highest BCUT2D eigenvalue weighted by Gasteiger charge is 2.34. The summed E-state index contributed by atoms with van der Waals surface area (Å²) >= 11 is 0. The van der Waals surface area contributed by atoms with E-state index in [2.05, 4.69) is 5.32 Å². The van der Waals surface area contributed by atoms with E-state index >= 15 is 0 Å². The van der Waals surface area contributed by atoms with Gasteiger partial charge in [-0.15, -0.1) is 0 Å². The Morgan fingerprint density at radius 3 is 2.17 bits per heavy atom. The Bertz CT molecular complexity index is 1410. The quantitative estimate of drug-likeness (QED) is 0.321. The molecule has 1 N–H and O–H groups in total. The van der Waals surface area contributed by atoms with Gasteiger partial charge in [-0.3, -0.25) is 13.9 Å². The monoisotopic (exact) mass is 579 g/mol. The summed E-state index contributed by atoms with van der Waals surface area (Å²) in [6, 6.07) is 19.8. The van der Waals surface area contributed by atoms with Gasteiger partial charge in [0.2, 0.25) is 11.8 Å². The molecule has 218 valence electrons.